The Morgan fingerprint density at radius 2 is 2.33 bits per heavy atom. The van der Waals surface area contributed by atoms with E-state index in [1.54, 1.807) is 12.1 Å². The molecule has 1 saturated heterocycles. The molecule has 0 saturated carbocycles. The normalized spacial score (nSPS) is 19.5. The molecule has 1 fully saturated rings. The van der Waals surface area contributed by atoms with Gasteiger partial charge in [0, 0.05) is 29.1 Å². The fourth-order valence-electron chi connectivity index (χ4n) is 1.95. The summed E-state index contributed by atoms with van der Waals surface area (Å²) in [5.74, 6) is 2.70. The van der Waals surface area contributed by atoms with Crippen molar-refractivity contribution in [1.82, 2.24) is 0 Å². The third-order valence-electron chi connectivity index (χ3n) is 2.89. The minimum absolute atomic E-state index is 0.364. The molecule has 0 spiro atoms. The van der Waals surface area contributed by atoms with Gasteiger partial charge in [0.1, 0.15) is 0 Å². The zero-order valence-corrected chi connectivity index (χ0v) is 11.9. The van der Waals surface area contributed by atoms with Crippen LogP contribution >= 0.6 is 23.5 Å². The van der Waals surface area contributed by atoms with Crippen molar-refractivity contribution >= 4 is 35.2 Å². The molecule has 0 aromatic heterocycles. The van der Waals surface area contributed by atoms with Gasteiger partial charge < -0.3 is 10.4 Å². The van der Waals surface area contributed by atoms with Crippen LogP contribution in [0.5, 0.6) is 0 Å². The highest BCUT2D eigenvalue weighted by Crippen LogP contribution is 2.26. The Bertz CT molecular complexity index is 431. The Balaban J connectivity index is 2.05. The van der Waals surface area contributed by atoms with E-state index in [-0.39, 0.29) is 0 Å². The van der Waals surface area contributed by atoms with Crippen molar-refractivity contribution in [2.45, 2.75) is 12.2 Å². The Kier molecular flexibility index (Phi) is 4.83. The van der Waals surface area contributed by atoms with Gasteiger partial charge in [-0.05, 0) is 18.6 Å². The maximum absolute atomic E-state index is 11.2. The Labute approximate surface area is 116 Å². The highest BCUT2D eigenvalue weighted by atomic mass is 32.2. The monoisotopic (exact) mass is 283 g/mol. The average Bonchev–Trinajstić information content (AvgIpc) is 2.38. The van der Waals surface area contributed by atoms with E-state index in [4.69, 9.17) is 0 Å². The first kappa shape index (κ1) is 13.6. The summed E-state index contributed by atoms with van der Waals surface area (Å²) in [5, 5.41) is 13.1. The predicted octanol–water partition coefficient (Wildman–Crippen LogP) is 2.95. The van der Waals surface area contributed by atoms with Crippen LogP contribution in [0.4, 0.5) is 5.69 Å². The summed E-state index contributed by atoms with van der Waals surface area (Å²) in [6, 6.07) is 5.38. The highest BCUT2D eigenvalue weighted by Gasteiger charge is 2.16. The van der Waals surface area contributed by atoms with E-state index in [0.29, 0.717) is 10.8 Å². The second kappa shape index (κ2) is 6.38. The largest absolute Gasteiger partial charge is 0.478 e. The number of para-hydroxylation sites is 1. The van der Waals surface area contributed by atoms with Crippen LogP contribution in [0.3, 0.4) is 0 Å². The van der Waals surface area contributed by atoms with Crippen molar-refractivity contribution in [3.8, 4) is 0 Å². The van der Waals surface area contributed by atoms with Crippen LogP contribution in [0.25, 0.3) is 0 Å². The van der Waals surface area contributed by atoms with E-state index in [1.807, 2.05) is 36.5 Å². The first-order valence-electron chi connectivity index (χ1n) is 5.94. The number of hydrogen-bond acceptors (Lipinski definition) is 4. The van der Waals surface area contributed by atoms with Crippen LogP contribution in [0.1, 0.15) is 15.9 Å². The van der Waals surface area contributed by atoms with Gasteiger partial charge in [-0.15, -0.1) is 0 Å². The van der Waals surface area contributed by atoms with Gasteiger partial charge in [-0.25, -0.2) is 4.79 Å². The number of carboxylic acids is 1. The first-order valence-corrected chi connectivity index (χ1v) is 8.15. The van der Waals surface area contributed by atoms with E-state index in [9.17, 15) is 9.90 Å². The molecule has 1 aromatic carbocycles. The lowest BCUT2D eigenvalue weighted by Crippen LogP contribution is -2.24. The molecule has 1 aromatic rings. The summed E-state index contributed by atoms with van der Waals surface area (Å²) >= 11 is 3.95. The molecule has 1 heterocycles. The predicted molar refractivity (Wildman–Crippen MR) is 80.2 cm³/mol. The highest BCUT2D eigenvalue weighted by molar-refractivity contribution is 8.06. The summed E-state index contributed by atoms with van der Waals surface area (Å²) in [4.78, 5) is 11.2. The van der Waals surface area contributed by atoms with Crippen LogP contribution in [-0.2, 0) is 0 Å². The molecule has 1 atom stereocenters. The van der Waals surface area contributed by atoms with E-state index in [0.717, 1.165) is 23.5 Å². The maximum atomic E-state index is 11.2. The van der Waals surface area contributed by atoms with Gasteiger partial charge >= 0.3 is 5.97 Å². The third-order valence-corrected chi connectivity index (χ3v) is 5.74. The number of rotatable bonds is 4. The van der Waals surface area contributed by atoms with Crippen molar-refractivity contribution in [1.29, 1.82) is 0 Å². The Morgan fingerprint density at radius 1 is 1.50 bits per heavy atom. The van der Waals surface area contributed by atoms with Crippen LogP contribution in [0, 0.1) is 6.92 Å². The van der Waals surface area contributed by atoms with Crippen LogP contribution < -0.4 is 5.32 Å². The quantitative estimate of drug-likeness (QED) is 0.889. The van der Waals surface area contributed by atoms with Gasteiger partial charge in [0.15, 0.2) is 0 Å². The number of anilines is 1. The fourth-order valence-corrected chi connectivity index (χ4v) is 4.56. The maximum Gasteiger partial charge on any atom is 0.337 e. The molecule has 0 radical (unpaired) electrons. The number of nitrogens with one attached hydrogen (secondary N) is 1. The number of hydrogen-bond donors (Lipinski definition) is 2. The summed E-state index contributed by atoms with van der Waals surface area (Å²) in [7, 11) is 0. The van der Waals surface area contributed by atoms with Crippen LogP contribution in [0.2, 0.25) is 0 Å². The average molecular weight is 283 g/mol. The van der Waals surface area contributed by atoms with Gasteiger partial charge in [0.2, 0.25) is 0 Å². The van der Waals surface area contributed by atoms with E-state index in [1.165, 1.54) is 11.5 Å². The van der Waals surface area contributed by atoms with E-state index in [2.05, 4.69) is 5.32 Å². The number of thioether (sulfide) groups is 2. The molecule has 98 valence electrons. The van der Waals surface area contributed by atoms with Crippen molar-refractivity contribution in [3.63, 3.8) is 0 Å². The summed E-state index contributed by atoms with van der Waals surface area (Å²) in [5.41, 5.74) is 2.12. The minimum atomic E-state index is -0.869. The molecular formula is C13H17NO2S2. The Hall–Kier alpha value is -0.810. The lowest BCUT2D eigenvalue weighted by atomic mass is 10.1. The van der Waals surface area contributed by atoms with Crippen molar-refractivity contribution in [2.75, 3.05) is 29.1 Å². The molecule has 0 aliphatic carbocycles. The van der Waals surface area contributed by atoms with Gasteiger partial charge in [-0.3, -0.25) is 0 Å². The minimum Gasteiger partial charge on any atom is -0.478 e. The molecule has 2 rings (SSSR count). The lowest BCUT2D eigenvalue weighted by molar-refractivity contribution is 0.0698. The van der Waals surface area contributed by atoms with Crippen LogP contribution in [0.15, 0.2) is 18.2 Å². The molecule has 0 amide bonds. The molecule has 1 unspecified atom stereocenters. The standard InChI is InChI=1S/C13H17NO2S2/c1-9-3-2-4-11(13(15)16)12(9)14-7-10-8-17-5-6-18-10/h2-4,10,14H,5-8H2,1H3,(H,15,16). The molecule has 2 N–H and O–H groups in total. The Morgan fingerprint density at radius 3 is 3.00 bits per heavy atom. The van der Waals surface area contributed by atoms with Crippen molar-refractivity contribution < 1.29 is 9.90 Å². The van der Waals surface area contributed by atoms with Crippen molar-refractivity contribution in [2.24, 2.45) is 0 Å². The second-order valence-electron chi connectivity index (χ2n) is 4.25. The van der Waals surface area contributed by atoms with E-state index >= 15 is 0 Å². The van der Waals surface area contributed by atoms with Gasteiger partial charge in [0.05, 0.1) is 11.3 Å². The number of aryl methyl sites for hydroxylation is 1. The van der Waals surface area contributed by atoms with Gasteiger partial charge in [0.25, 0.3) is 0 Å². The van der Waals surface area contributed by atoms with Gasteiger partial charge in [-0.2, -0.15) is 23.5 Å². The topological polar surface area (TPSA) is 49.3 Å². The smallest absolute Gasteiger partial charge is 0.337 e. The fraction of sp³-hybridized carbons (Fsp3) is 0.462. The molecule has 18 heavy (non-hydrogen) atoms. The molecule has 3 nitrogen and oxygen atoms in total. The second-order valence-corrected chi connectivity index (χ2v) is 6.81. The lowest BCUT2D eigenvalue weighted by Gasteiger charge is -2.22. The van der Waals surface area contributed by atoms with Gasteiger partial charge in [-0.1, -0.05) is 12.1 Å². The SMILES string of the molecule is Cc1cccc(C(=O)O)c1NCC1CSCCS1. The zero-order chi connectivity index (χ0) is 13.0. The number of aromatic carboxylic acids is 1. The summed E-state index contributed by atoms with van der Waals surface area (Å²) < 4.78 is 0. The molecule has 0 bridgehead atoms. The molecule has 1 aliphatic rings. The molecule has 1 aliphatic heterocycles. The van der Waals surface area contributed by atoms with E-state index < -0.39 is 5.97 Å². The third kappa shape index (κ3) is 3.36. The molecule has 5 heteroatoms. The van der Waals surface area contributed by atoms with Crippen molar-refractivity contribution in [3.05, 3.63) is 29.3 Å². The molecular weight excluding hydrogens is 266 g/mol. The number of benzene rings is 1. The summed E-state index contributed by atoms with van der Waals surface area (Å²) in [6.07, 6.45) is 0. The zero-order valence-electron chi connectivity index (χ0n) is 10.3. The van der Waals surface area contributed by atoms with Crippen LogP contribution in [-0.4, -0.2) is 40.1 Å². The first-order chi connectivity index (χ1) is 8.68. The number of carboxylic acid groups (broad SMARTS) is 1. The summed E-state index contributed by atoms with van der Waals surface area (Å²) in [6.45, 7) is 2.78. The number of carbonyl (C=O) groups is 1.